The van der Waals surface area contributed by atoms with Gasteiger partial charge in [0.15, 0.2) is 0 Å². The zero-order chi connectivity index (χ0) is 24.1. The second-order valence-corrected chi connectivity index (χ2v) is 9.05. The minimum absolute atomic E-state index is 0.0581. The molecule has 178 valence electrons. The summed E-state index contributed by atoms with van der Waals surface area (Å²) in [6.45, 7) is 5.08. The van der Waals surface area contributed by atoms with Crippen molar-refractivity contribution >= 4 is 28.4 Å². The van der Waals surface area contributed by atoms with Crippen LogP contribution in [0.4, 0.5) is 9.59 Å². The van der Waals surface area contributed by atoms with E-state index in [0.29, 0.717) is 5.06 Å². The summed E-state index contributed by atoms with van der Waals surface area (Å²) in [5.41, 5.74) is 1.59. The van der Waals surface area contributed by atoms with E-state index in [2.05, 4.69) is 14.7 Å². The Morgan fingerprint density at radius 3 is 2.31 bits per heavy atom. The lowest BCUT2D eigenvalue weighted by molar-refractivity contribution is -0.130. The first-order chi connectivity index (χ1) is 14.8. The molecule has 0 unspecified atom stereocenters. The molecule has 0 aliphatic carbocycles. The Kier molecular flexibility index (Phi) is 7.98. The third kappa shape index (κ3) is 7.32. The SMILES string of the molecule is CN(NC(=O)[C@@H]1CC[C@@H]2CN1C(=O)N2OS(=O)(=O)O)C(=O)OC(C)(C)C.c1ccncc1. The summed E-state index contributed by atoms with van der Waals surface area (Å²) in [6, 6.07) is 3.34. The molecule has 2 fully saturated rings. The van der Waals surface area contributed by atoms with Crippen molar-refractivity contribution in [2.75, 3.05) is 13.6 Å². The number of carbonyl (C=O) groups is 3. The molecule has 1 aromatic heterocycles. The standard InChI is InChI=1S/C13H22N4O8S.C5H5N/c1-13(2,3)24-12(20)15(4)14-10(18)9-6-5-8-7-16(9)11(19)17(8)25-26(21,22)23;1-2-4-6-5-3-1/h8-9H,5-7H2,1-4H3,(H,14,18)(H,21,22,23);1-5H/t8-,9+;/m1./s1. The van der Waals surface area contributed by atoms with E-state index in [1.54, 1.807) is 33.2 Å². The molecule has 3 heterocycles. The third-order valence-electron chi connectivity index (χ3n) is 4.31. The Bertz CT molecular complexity index is 894. The molecule has 14 heteroatoms. The maximum atomic E-state index is 12.4. The first-order valence-corrected chi connectivity index (χ1v) is 11.0. The van der Waals surface area contributed by atoms with Gasteiger partial charge in [-0.25, -0.2) is 14.6 Å². The number of pyridine rings is 1. The number of nitrogens with one attached hydrogen (secondary N) is 1. The largest absolute Gasteiger partial charge is 0.442 e. The van der Waals surface area contributed by atoms with Crippen LogP contribution in [0.25, 0.3) is 0 Å². The Morgan fingerprint density at radius 1 is 1.22 bits per heavy atom. The molecular weight excluding hydrogens is 446 g/mol. The number of hydroxylamine groups is 2. The van der Waals surface area contributed by atoms with Crippen LogP contribution in [0, 0.1) is 0 Å². The second-order valence-electron chi connectivity index (χ2n) is 8.05. The summed E-state index contributed by atoms with van der Waals surface area (Å²) >= 11 is 0. The summed E-state index contributed by atoms with van der Waals surface area (Å²) < 4.78 is 39.9. The molecule has 4 amide bonds. The fourth-order valence-corrected chi connectivity index (χ4v) is 3.42. The first kappa shape index (κ1) is 25.3. The van der Waals surface area contributed by atoms with Crippen molar-refractivity contribution in [2.45, 2.75) is 51.3 Å². The Labute approximate surface area is 186 Å². The van der Waals surface area contributed by atoms with Crippen LogP contribution in [-0.4, -0.2) is 82.2 Å². The average molecular weight is 474 g/mol. The topological polar surface area (TPSA) is 159 Å². The number of hydrazine groups is 1. The van der Waals surface area contributed by atoms with Crippen molar-refractivity contribution in [3.8, 4) is 0 Å². The van der Waals surface area contributed by atoms with Crippen LogP contribution in [0.3, 0.4) is 0 Å². The molecule has 0 aromatic carbocycles. The number of carbonyl (C=O) groups excluding carboxylic acids is 3. The lowest BCUT2D eigenvalue weighted by Crippen LogP contribution is -2.55. The number of nitrogens with zero attached hydrogens (tertiary/aromatic N) is 4. The minimum atomic E-state index is -4.86. The number of hydrogen-bond acceptors (Lipinski definition) is 8. The van der Waals surface area contributed by atoms with Crippen LogP contribution >= 0.6 is 0 Å². The van der Waals surface area contributed by atoms with Crippen molar-refractivity contribution in [1.29, 1.82) is 0 Å². The maximum absolute atomic E-state index is 12.4. The van der Waals surface area contributed by atoms with Crippen molar-refractivity contribution in [1.82, 2.24) is 25.4 Å². The highest BCUT2D eigenvalue weighted by atomic mass is 32.3. The first-order valence-electron chi connectivity index (χ1n) is 9.67. The molecule has 2 aliphatic rings. The van der Waals surface area contributed by atoms with E-state index >= 15 is 0 Å². The second kappa shape index (κ2) is 10.1. The van der Waals surface area contributed by atoms with E-state index in [0.717, 1.165) is 9.91 Å². The monoisotopic (exact) mass is 473 g/mol. The van der Waals surface area contributed by atoms with Crippen molar-refractivity contribution in [3.05, 3.63) is 30.6 Å². The van der Waals surface area contributed by atoms with Gasteiger partial charge in [-0.15, -0.1) is 4.28 Å². The van der Waals surface area contributed by atoms with Gasteiger partial charge in [-0.2, -0.15) is 13.5 Å². The highest BCUT2D eigenvalue weighted by Gasteiger charge is 2.49. The van der Waals surface area contributed by atoms with E-state index in [1.807, 2.05) is 18.2 Å². The molecule has 0 spiro atoms. The number of hydrogen-bond donors (Lipinski definition) is 2. The van der Waals surface area contributed by atoms with Crippen molar-refractivity contribution in [3.63, 3.8) is 0 Å². The van der Waals surface area contributed by atoms with Crippen molar-refractivity contribution in [2.24, 2.45) is 0 Å². The number of aromatic nitrogens is 1. The predicted molar refractivity (Wildman–Crippen MR) is 110 cm³/mol. The van der Waals surface area contributed by atoms with Crippen LogP contribution < -0.4 is 5.43 Å². The zero-order valence-corrected chi connectivity index (χ0v) is 19.0. The molecule has 0 radical (unpaired) electrons. The highest BCUT2D eigenvalue weighted by molar-refractivity contribution is 7.80. The molecule has 13 nitrogen and oxygen atoms in total. The smallest absolute Gasteiger partial charge is 0.428 e. The van der Waals surface area contributed by atoms with E-state index in [9.17, 15) is 22.8 Å². The van der Waals surface area contributed by atoms with Gasteiger partial charge in [0.2, 0.25) is 0 Å². The summed E-state index contributed by atoms with van der Waals surface area (Å²) in [5.74, 6) is -0.626. The van der Waals surface area contributed by atoms with E-state index in [1.165, 1.54) is 7.05 Å². The van der Waals surface area contributed by atoms with Gasteiger partial charge in [-0.3, -0.25) is 19.8 Å². The Balaban J connectivity index is 0.000000520. The quantitative estimate of drug-likeness (QED) is 0.482. The third-order valence-corrected chi connectivity index (χ3v) is 4.66. The van der Waals surface area contributed by atoms with Gasteiger partial charge in [0.1, 0.15) is 11.6 Å². The molecule has 3 rings (SSSR count). The van der Waals surface area contributed by atoms with Crippen LogP contribution in [0.1, 0.15) is 33.6 Å². The van der Waals surface area contributed by atoms with Gasteiger partial charge in [-0.05, 0) is 45.7 Å². The fraction of sp³-hybridized carbons (Fsp3) is 0.556. The Morgan fingerprint density at radius 2 is 1.84 bits per heavy atom. The fourth-order valence-electron chi connectivity index (χ4n) is 3.03. The molecule has 1 aromatic rings. The molecule has 0 saturated carbocycles. The molecule has 2 saturated heterocycles. The maximum Gasteiger partial charge on any atom is 0.428 e. The van der Waals surface area contributed by atoms with E-state index in [4.69, 9.17) is 9.29 Å². The van der Waals surface area contributed by atoms with Crippen LogP contribution in [0.15, 0.2) is 30.6 Å². The van der Waals surface area contributed by atoms with Gasteiger partial charge in [0.05, 0.1) is 6.04 Å². The lowest BCUT2D eigenvalue weighted by atomic mass is 10.0. The number of ether oxygens (including phenoxy) is 1. The van der Waals surface area contributed by atoms with E-state index < -0.39 is 46.1 Å². The van der Waals surface area contributed by atoms with Gasteiger partial charge >= 0.3 is 22.5 Å². The molecule has 2 atom stereocenters. The van der Waals surface area contributed by atoms with Gasteiger partial charge in [0.25, 0.3) is 5.91 Å². The lowest BCUT2D eigenvalue weighted by Gasteiger charge is -2.31. The number of fused-ring (bicyclic) bond motifs is 2. The summed E-state index contributed by atoms with van der Waals surface area (Å²) in [7, 11) is -3.55. The number of urea groups is 1. The molecule has 2 bridgehead atoms. The van der Waals surface area contributed by atoms with Gasteiger partial charge in [0, 0.05) is 26.0 Å². The summed E-state index contributed by atoms with van der Waals surface area (Å²) in [6.07, 6.45) is 3.24. The van der Waals surface area contributed by atoms with E-state index in [-0.39, 0.29) is 19.4 Å². The van der Waals surface area contributed by atoms with Crippen molar-refractivity contribution < 1.29 is 36.4 Å². The van der Waals surface area contributed by atoms with Crippen LogP contribution in [-0.2, 0) is 24.2 Å². The van der Waals surface area contributed by atoms with Gasteiger partial charge in [-0.1, -0.05) is 6.07 Å². The zero-order valence-electron chi connectivity index (χ0n) is 18.2. The Hall–Kier alpha value is -2.97. The number of amides is 4. The molecule has 2 N–H and O–H groups in total. The molecule has 2 aliphatic heterocycles. The van der Waals surface area contributed by atoms with Crippen LogP contribution in [0.2, 0.25) is 0 Å². The summed E-state index contributed by atoms with van der Waals surface area (Å²) in [4.78, 5) is 41.5. The van der Waals surface area contributed by atoms with Gasteiger partial charge < -0.3 is 9.64 Å². The molecule has 32 heavy (non-hydrogen) atoms. The minimum Gasteiger partial charge on any atom is -0.442 e. The number of rotatable bonds is 3. The number of piperidine rings is 1. The summed E-state index contributed by atoms with van der Waals surface area (Å²) in [5, 5.41) is 1.41. The highest BCUT2D eigenvalue weighted by Crippen LogP contribution is 2.30. The molecular formula is C18H27N5O8S. The average Bonchev–Trinajstić information content (AvgIpc) is 2.92. The van der Waals surface area contributed by atoms with Crippen LogP contribution in [0.5, 0.6) is 0 Å². The predicted octanol–water partition coefficient (Wildman–Crippen LogP) is 0.969. The normalized spacial score (nSPS) is 20.2.